The molecule has 1 saturated heterocycles. The van der Waals surface area contributed by atoms with Gasteiger partial charge < -0.3 is 44.7 Å². The number of aliphatic hydroxyl groups is 4. The third-order valence-electron chi connectivity index (χ3n) is 12.1. The standard InChI is InChI=1S/C41H51NO12/c1-22-26(52-35(47)31(45)30(23-14-10-8-11-15-23)42-36(48)54-37(2,3)4)20-41(50)33(53-34(46)24-16-12-9-13-17-24)32-39(7,19-25(43)29(22)38(41,5)6)27(44)18-28-40(32,49)21-51-28/h8-17,26-28,30-33,44-45,49-50H,18-21H2,1-7H3,(H,42,48)/t26?,27-,28+,30-,31+,32-,33-,39+,40-,41+/m0/s1. The second-order valence-corrected chi connectivity index (χ2v) is 17.0. The number of hydrogen-bond acceptors (Lipinski definition) is 12. The van der Waals surface area contributed by atoms with Gasteiger partial charge in [0.25, 0.3) is 0 Å². The number of hydrogen-bond donors (Lipinski definition) is 5. The molecule has 2 aromatic carbocycles. The summed E-state index contributed by atoms with van der Waals surface area (Å²) in [7, 11) is 0. The molecule has 13 heteroatoms. The summed E-state index contributed by atoms with van der Waals surface area (Å²) in [5.74, 6) is -3.64. The van der Waals surface area contributed by atoms with Crippen molar-refractivity contribution >= 4 is 23.8 Å². The van der Waals surface area contributed by atoms with E-state index in [0.717, 1.165) is 0 Å². The Balaban J connectivity index is 1.42. The topological polar surface area (TPSA) is 198 Å². The largest absolute Gasteiger partial charge is 0.456 e. The SMILES string of the molecule is CC1=C2C(=O)C[C@]3(C)[C@@H](O)C[C@H]4OC[C@@]4(O)[C@H]3[C@H](OC(=O)c3ccccc3)[C@](O)(CC1OC(=O)[C@H](O)[C@@H](NC(=O)OC(C)(C)C)c1ccccc1)C2(C)C. The number of rotatable bonds is 7. The summed E-state index contributed by atoms with van der Waals surface area (Å²) < 4.78 is 23.3. The lowest BCUT2D eigenvalue weighted by atomic mass is 9.45. The number of esters is 2. The number of benzene rings is 2. The van der Waals surface area contributed by atoms with Gasteiger partial charge in [-0.25, -0.2) is 14.4 Å². The van der Waals surface area contributed by atoms with Crippen LogP contribution in [-0.2, 0) is 28.5 Å². The highest BCUT2D eigenvalue weighted by molar-refractivity contribution is 5.99. The average molecular weight is 750 g/mol. The predicted octanol–water partition coefficient (Wildman–Crippen LogP) is 3.72. The monoisotopic (exact) mass is 749 g/mol. The van der Waals surface area contributed by atoms with Crippen LogP contribution in [0.1, 0.15) is 89.7 Å². The van der Waals surface area contributed by atoms with E-state index in [4.69, 9.17) is 18.9 Å². The molecule has 2 aromatic rings. The summed E-state index contributed by atoms with van der Waals surface area (Å²) in [6.45, 7) is 11.3. The van der Waals surface area contributed by atoms with Crippen molar-refractivity contribution in [3.8, 4) is 0 Å². The summed E-state index contributed by atoms with van der Waals surface area (Å²) in [5, 5.41) is 51.2. The Morgan fingerprint density at radius 3 is 2.15 bits per heavy atom. The van der Waals surface area contributed by atoms with E-state index in [2.05, 4.69) is 5.32 Å². The first-order valence-electron chi connectivity index (χ1n) is 18.3. The van der Waals surface area contributed by atoms with Crippen molar-refractivity contribution in [2.45, 2.75) is 121 Å². The summed E-state index contributed by atoms with van der Waals surface area (Å²) >= 11 is 0. The van der Waals surface area contributed by atoms with Crippen LogP contribution in [0.2, 0.25) is 0 Å². The number of carbonyl (C=O) groups excluding carboxylic acids is 4. The zero-order valence-corrected chi connectivity index (χ0v) is 31.7. The normalized spacial score (nSPS) is 34.1. The molecule has 1 aliphatic heterocycles. The fraction of sp³-hybridized carbons (Fsp3) is 0.561. The quantitative estimate of drug-likeness (QED) is 0.204. The van der Waals surface area contributed by atoms with Gasteiger partial charge in [0.15, 0.2) is 11.9 Å². The molecule has 3 aliphatic carbocycles. The molecule has 54 heavy (non-hydrogen) atoms. The molecule has 0 radical (unpaired) electrons. The second kappa shape index (κ2) is 13.9. The highest BCUT2D eigenvalue weighted by atomic mass is 16.6. The van der Waals surface area contributed by atoms with Gasteiger partial charge in [0.2, 0.25) is 0 Å². The lowest BCUT2D eigenvalue weighted by molar-refractivity contribution is -0.347. The maximum Gasteiger partial charge on any atom is 0.408 e. The first kappa shape index (κ1) is 39.6. The number of amides is 1. The first-order chi connectivity index (χ1) is 25.1. The van der Waals surface area contributed by atoms with Gasteiger partial charge in [0.05, 0.1) is 30.4 Å². The number of nitrogens with one attached hydrogen (secondary N) is 1. The van der Waals surface area contributed by atoms with E-state index in [1.54, 1.807) is 109 Å². The summed E-state index contributed by atoms with van der Waals surface area (Å²) in [6, 6.07) is 15.1. The zero-order valence-electron chi connectivity index (χ0n) is 31.7. The van der Waals surface area contributed by atoms with E-state index in [1.165, 1.54) is 0 Å². The van der Waals surface area contributed by atoms with Crippen LogP contribution in [-0.4, -0.2) is 98.2 Å². The van der Waals surface area contributed by atoms with Crippen molar-refractivity contribution in [1.29, 1.82) is 0 Å². The zero-order chi connectivity index (χ0) is 39.6. The number of alkyl carbamates (subject to hydrolysis) is 1. The molecule has 0 spiro atoms. The minimum absolute atomic E-state index is 0.0218. The van der Waals surface area contributed by atoms with Gasteiger partial charge in [-0.3, -0.25) is 4.79 Å². The van der Waals surface area contributed by atoms with Crippen LogP contribution in [0, 0.1) is 16.7 Å². The Bertz CT molecular complexity index is 1820. The van der Waals surface area contributed by atoms with Gasteiger partial charge in [-0.05, 0) is 51.0 Å². The molecular weight excluding hydrogens is 698 g/mol. The number of Topliss-reactive ketones (excluding diaryl/α,β-unsaturated/α-hetero) is 1. The van der Waals surface area contributed by atoms with Gasteiger partial charge in [-0.15, -0.1) is 0 Å². The van der Waals surface area contributed by atoms with E-state index < -0.39 is 100 Å². The number of ether oxygens (including phenoxy) is 4. The highest BCUT2D eigenvalue weighted by Crippen LogP contribution is 2.63. The minimum atomic E-state index is -2.20. The number of carbonyl (C=O) groups is 4. The Hall–Kier alpha value is -4.14. The van der Waals surface area contributed by atoms with Gasteiger partial charge in [-0.2, -0.15) is 0 Å². The molecule has 1 amide bonds. The second-order valence-electron chi connectivity index (χ2n) is 17.0. The van der Waals surface area contributed by atoms with Crippen LogP contribution in [0.5, 0.6) is 0 Å². The molecule has 3 fully saturated rings. The molecule has 1 unspecified atom stereocenters. The lowest BCUT2D eigenvalue weighted by Gasteiger charge is -2.66. The molecule has 1 heterocycles. The van der Waals surface area contributed by atoms with E-state index in [9.17, 15) is 39.6 Å². The summed E-state index contributed by atoms with van der Waals surface area (Å²) in [4.78, 5) is 55.3. The summed E-state index contributed by atoms with van der Waals surface area (Å²) in [5.41, 5.74) is -6.67. The van der Waals surface area contributed by atoms with E-state index >= 15 is 0 Å². The van der Waals surface area contributed by atoms with Crippen LogP contribution >= 0.6 is 0 Å². The minimum Gasteiger partial charge on any atom is -0.456 e. The van der Waals surface area contributed by atoms with Gasteiger partial charge in [0, 0.05) is 41.6 Å². The van der Waals surface area contributed by atoms with Gasteiger partial charge in [0.1, 0.15) is 29.0 Å². The molecular formula is C41H51NO12. The molecule has 2 saturated carbocycles. The van der Waals surface area contributed by atoms with Crippen LogP contribution in [0.3, 0.4) is 0 Å². The highest BCUT2D eigenvalue weighted by Gasteiger charge is 2.74. The van der Waals surface area contributed by atoms with Crippen molar-refractivity contribution < 1.29 is 58.6 Å². The van der Waals surface area contributed by atoms with Crippen molar-refractivity contribution in [3.05, 3.63) is 82.9 Å². The molecule has 5 N–H and O–H groups in total. The Morgan fingerprint density at radius 2 is 1.57 bits per heavy atom. The van der Waals surface area contributed by atoms with Crippen molar-refractivity contribution in [3.63, 3.8) is 0 Å². The Kier molecular flexibility index (Phi) is 10.2. The van der Waals surface area contributed by atoms with Gasteiger partial charge in [-0.1, -0.05) is 69.3 Å². The van der Waals surface area contributed by atoms with E-state index in [0.29, 0.717) is 11.1 Å². The lowest BCUT2D eigenvalue weighted by Crippen LogP contribution is -2.79. The molecule has 6 rings (SSSR count). The summed E-state index contributed by atoms with van der Waals surface area (Å²) in [6.07, 6.45) is -8.50. The van der Waals surface area contributed by atoms with Crippen LogP contribution in [0.15, 0.2) is 71.8 Å². The van der Waals surface area contributed by atoms with Crippen LogP contribution in [0.4, 0.5) is 4.79 Å². The van der Waals surface area contributed by atoms with Crippen molar-refractivity contribution in [1.82, 2.24) is 5.32 Å². The number of fused-ring (bicyclic) bond motifs is 5. The molecule has 10 atom stereocenters. The Morgan fingerprint density at radius 1 is 0.963 bits per heavy atom. The predicted molar refractivity (Wildman–Crippen MR) is 193 cm³/mol. The molecule has 2 bridgehead atoms. The number of aliphatic hydroxyl groups excluding tert-OH is 2. The maximum atomic E-state index is 14.6. The fourth-order valence-electron chi connectivity index (χ4n) is 9.17. The van der Waals surface area contributed by atoms with Crippen LogP contribution < -0.4 is 5.32 Å². The van der Waals surface area contributed by atoms with Crippen molar-refractivity contribution in [2.24, 2.45) is 16.7 Å². The number of ketones is 1. The first-order valence-corrected chi connectivity index (χ1v) is 18.3. The molecule has 4 aliphatic rings. The molecule has 292 valence electrons. The molecule has 0 aromatic heterocycles. The fourth-order valence-corrected chi connectivity index (χ4v) is 9.17. The van der Waals surface area contributed by atoms with E-state index in [1.807, 2.05) is 0 Å². The van der Waals surface area contributed by atoms with E-state index in [-0.39, 0.29) is 30.6 Å². The Labute approximate surface area is 314 Å². The smallest absolute Gasteiger partial charge is 0.408 e. The molecule has 13 nitrogen and oxygen atoms in total. The van der Waals surface area contributed by atoms with Gasteiger partial charge >= 0.3 is 18.0 Å². The third kappa shape index (κ3) is 6.63. The average Bonchev–Trinajstić information content (AvgIpc) is 3.09. The maximum absolute atomic E-state index is 14.6. The van der Waals surface area contributed by atoms with Crippen LogP contribution in [0.25, 0.3) is 0 Å². The van der Waals surface area contributed by atoms with Crippen molar-refractivity contribution in [2.75, 3.05) is 6.61 Å². The third-order valence-corrected chi connectivity index (χ3v) is 12.1.